The summed E-state index contributed by atoms with van der Waals surface area (Å²) in [6.45, 7) is 1.78. The van der Waals surface area contributed by atoms with Crippen LogP contribution in [0.15, 0.2) is 0 Å². The number of aromatic amines is 1. The van der Waals surface area contributed by atoms with Crippen LogP contribution in [-0.4, -0.2) is 22.8 Å². The molecule has 88 valence electrons. The van der Waals surface area contributed by atoms with Gasteiger partial charge in [-0.2, -0.15) is 5.10 Å². The van der Waals surface area contributed by atoms with Gasteiger partial charge in [-0.25, -0.2) is 13.6 Å². The van der Waals surface area contributed by atoms with Crippen LogP contribution in [0, 0.1) is 0 Å². The fourth-order valence-electron chi connectivity index (χ4n) is 1.61. The molecule has 4 nitrogen and oxygen atoms in total. The molecule has 6 heteroatoms. The average Bonchev–Trinajstić information content (AvgIpc) is 2.97. The number of H-pyrrole nitrogens is 1. The molecule has 2 rings (SSSR count). The van der Waals surface area contributed by atoms with Gasteiger partial charge >= 0.3 is 5.97 Å². The summed E-state index contributed by atoms with van der Waals surface area (Å²) >= 11 is 0. The van der Waals surface area contributed by atoms with Crippen LogP contribution in [0.25, 0.3) is 0 Å². The Morgan fingerprint density at radius 3 is 2.81 bits per heavy atom. The summed E-state index contributed by atoms with van der Waals surface area (Å²) in [6.07, 6.45) is -0.992. The summed E-state index contributed by atoms with van der Waals surface area (Å²) in [5.74, 6) is -0.694. The van der Waals surface area contributed by atoms with E-state index < -0.39 is 12.4 Å². The van der Waals surface area contributed by atoms with Gasteiger partial charge in [-0.1, -0.05) is 0 Å². The van der Waals surface area contributed by atoms with E-state index in [0.29, 0.717) is 5.69 Å². The number of halogens is 2. The number of esters is 1. The third-order valence-electron chi connectivity index (χ3n) is 2.50. The number of rotatable bonds is 4. The van der Waals surface area contributed by atoms with E-state index >= 15 is 0 Å². The van der Waals surface area contributed by atoms with E-state index in [1.807, 2.05) is 0 Å². The molecule has 0 atom stereocenters. The largest absolute Gasteiger partial charge is 0.461 e. The Hall–Kier alpha value is -1.46. The predicted molar refractivity (Wildman–Crippen MR) is 51.5 cm³/mol. The van der Waals surface area contributed by atoms with Crippen LogP contribution in [-0.2, 0) is 4.74 Å². The van der Waals surface area contributed by atoms with Crippen LogP contribution in [0.2, 0.25) is 0 Å². The predicted octanol–water partition coefficient (Wildman–Crippen LogP) is 2.40. The second kappa shape index (κ2) is 4.19. The minimum absolute atomic E-state index is 0.0726. The summed E-state index contributed by atoms with van der Waals surface area (Å²) < 4.78 is 30.4. The van der Waals surface area contributed by atoms with Gasteiger partial charge in [0.1, 0.15) is 0 Å². The molecular formula is C10H12F2N2O2. The van der Waals surface area contributed by atoms with Gasteiger partial charge < -0.3 is 4.74 Å². The van der Waals surface area contributed by atoms with Crippen LogP contribution >= 0.6 is 0 Å². The van der Waals surface area contributed by atoms with Crippen molar-refractivity contribution in [2.75, 3.05) is 6.61 Å². The van der Waals surface area contributed by atoms with Crippen molar-refractivity contribution in [2.45, 2.75) is 32.1 Å². The number of ether oxygens (including phenoxy) is 1. The zero-order valence-corrected chi connectivity index (χ0v) is 8.80. The van der Waals surface area contributed by atoms with E-state index in [4.69, 9.17) is 0 Å². The fraction of sp³-hybridized carbons (Fsp3) is 0.600. The number of nitrogens with one attached hydrogen (secondary N) is 1. The summed E-state index contributed by atoms with van der Waals surface area (Å²) in [5, 5.41) is 6.15. The van der Waals surface area contributed by atoms with Crippen molar-refractivity contribution in [3.8, 4) is 0 Å². The first-order valence-corrected chi connectivity index (χ1v) is 5.18. The third-order valence-corrected chi connectivity index (χ3v) is 2.50. The van der Waals surface area contributed by atoms with E-state index in [0.717, 1.165) is 12.8 Å². The molecule has 0 aliphatic heterocycles. The van der Waals surface area contributed by atoms with Gasteiger partial charge in [0.25, 0.3) is 6.43 Å². The summed E-state index contributed by atoms with van der Waals surface area (Å²) in [5.41, 5.74) is -0.183. The lowest BCUT2D eigenvalue weighted by Crippen LogP contribution is -2.08. The summed E-state index contributed by atoms with van der Waals surface area (Å²) in [7, 11) is 0. The van der Waals surface area contributed by atoms with Crippen molar-refractivity contribution in [2.24, 2.45) is 0 Å². The lowest BCUT2D eigenvalue weighted by molar-refractivity contribution is 0.0508. The highest BCUT2D eigenvalue weighted by Gasteiger charge is 2.35. The zero-order valence-electron chi connectivity index (χ0n) is 8.80. The maximum absolute atomic E-state index is 12.8. The van der Waals surface area contributed by atoms with Crippen LogP contribution in [0.4, 0.5) is 8.78 Å². The van der Waals surface area contributed by atoms with E-state index in [2.05, 4.69) is 14.9 Å². The topological polar surface area (TPSA) is 55.0 Å². The molecule has 0 spiro atoms. The minimum Gasteiger partial charge on any atom is -0.461 e. The van der Waals surface area contributed by atoms with Crippen LogP contribution in [0.1, 0.15) is 53.9 Å². The fourth-order valence-corrected chi connectivity index (χ4v) is 1.61. The molecule has 1 aromatic rings. The molecular weight excluding hydrogens is 218 g/mol. The molecule has 0 saturated heterocycles. The first-order chi connectivity index (χ1) is 7.65. The van der Waals surface area contributed by atoms with Crippen LogP contribution in [0.3, 0.4) is 0 Å². The summed E-state index contributed by atoms with van der Waals surface area (Å²) in [6, 6.07) is 0. The molecule has 1 N–H and O–H groups in total. The standard InChI is InChI=1S/C10H12F2N2O2/c1-2-16-10(15)8-6(9(11)12)7(13-14-8)5-3-4-5/h5,9H,2-4H2,1H3,(H,13,14). The SMILES string of the molecule is CCOC(=O)c1[nH]nc(C2CC2)c1C(F)F. The minimum atomic E-state index is -2.70. The second-order valence-electron chi connectivity index (χ2n) is 3.69. The Kier molecular flexibility index (Phi) is 2.89. The first kappa shape index (κ1) is 11.0. The number of hydrogen-bond donors (Lipinski definition) is 1. The van der Waals surface area contributed by atoms with E-state index in [1.165, 1.54) is 0 Å². The number of nitrogens with zero attached hydrogens (tertiary/aromatic N) is 1. The number of aromatic nitrogens is 2. The highest BCUT2D eigenvalue weighted by atomic mass is 19.3. The van der Waals surface area contributed by atoms with Gasteiger partial charge in [-0.15, -0.1) is 0 Å². The monoisotopic (exact) mass is 230 g/mol. The van der Waals surface area contributed by atoms with Crippen molar-refractivity contribution in [3.05, 3.63) is 17.0 Å². The maximum atomic E-state index is 12.8. The molecule has 16 heavy (non-hydrogen) atoms. The van der Waals surface area contributed by atoms with Gasteiger partial charge in [0.05, 0.1) is 17.9 Å². The Morgan fingerprint density at radius 2 is 2.31 bits per heavy atom. The maximum Gasteiger partial charge on any atom is 0.356 e. The highest BCUT2D eigenvalue weighted by molar-refractivity contribution is 5.89. The Balaban J connectivity index is 2.33. The zero-order chi connectivity index (χ0) is 11.7. The van der Waals surface area contributed by atoms with Crippen LogP contribution < -0.4 is 0 Å². The molecule has 0 unspecified atom stereocenters. The summed E-state index contributed by atoms with van der Waals surface area (Å²) in [4.78, 5) is 11.4. The Labute approximate surface area is 91.0 Å². The molecule has 1 aliphatic rings. The average molecular weight is 230 g/mol. The number of carbonyl (C=O) groups is 1. The normalized spacial score (nSPS) is 15.5. The quantitative estimate of drug-likeness (QED) is 0.808. The lowest BCUT2D eigenvalue weighted by atomic mass is 10.1. The van der Waals surface area contributed by atoms with Gasteiger partial charge in [0.15, 0.2) is 5.69 Å². The number of carbonyl (C=O) groups excluding carboxylic acids is 1. The highest BCUT2D eigenvalue weighted by Crippen LogP contribution is 2.43. The smallest absolute Gasteiger partial charge is 0.356 e. The molecule has 1 heterocycles. The van der Waals surface area contributed by atoms with E-state index in [9.17, 15) is 13.6 Å². The van der Waals surface area contributed by atoms with Gasteiger partial charge in [-0.3, -0.25) is 5.10 Å². The third kappa shape index (κ3) is 1.91. The molecule has 1 aromatic heterocycles. The van der Waals surface area contributed by atoms with Crippen LogP contribution in [0.5, 0.6) is 0 Å². The van der Waals surface area contributed by atoms with Crippen molar-refractivity contribution < 1.29 is 18.3 Å². The van der Waals surface area contributed by atoms with Gasteiger partial charge in [0.2, 0.25) is 0 Å². The number of hydrogen-bond acceptors (Lipinski definition) is 3. The second-order valence-corrected chi connectivity index (χ2v) is 3.69. The molecule has 1 saturated carbocycles. The molecule has 0 radical (unpaired) electrons. The van der Waals surface area contributed by atoms with Gasteiger partial charge in [0, 0.05) is 5.92 Å². The van der Waals surface area contributed by atoms with Crippen molar-refractivity contribution >= 4 is 5.97 Å². The van der Waals surface area contributed by atoms with Crippen molar-refractivity contribution in [1.29, 1.82) is 0 Å². The number of alkyl halides is 2. The Bertz CT molecular complexity index is 400. The molecule has 1 aliphatic carbocycles. The lowest BCUT2D eigenvalue weighted by Gasteiger charge is -2.03. The molecule has 0 amide bonds. The van der Waals surface area contributed by atoms with E-state index in [1.54, 1.807) is 6.92 Å². The van der Waals surface area contributed by atoms with Gasteiger partial charge in [-0.05, 0) is 19.8 Å². The Morgan fingerprint density at radius 1 is 1.62 bits per heavy atom. The van der Waals surface area contributed by atoms with E-state index in [-0.39, 0.29) is 23.8 Å². The first-order valence-electron chi connectivity index (χ1n) is 5.18. The van der Waals surface area contributed by atoms with Crippen molar-refractivity contribution in [1.82, 2.24) is 10.2 Å². The molecule has 1 fully saturated rings. The molecule has 0 bridgehead atoms. The van der Waals surface area contributed by atoms with Crippen molar-refractivity contribution in [3.63, 3.8) is 0 Å². The molecule has 0 aromatic carbocycles.